The molecule has 0 saturated carbocycles. The summed E-state index contributed by atoms with van der Waals surface area (Å²) in [7, 11) is 0. The minimum Gasteiger partial charge on any atom is -0.483 e. The quantitative estimate of drug-likeness (QED) is 0.152. The van der Waals surface area contributed by atoms with Crippen LogP contribution in [0.1, 0.15) is 52.5 Å². The van der Waals surface area contributed by atoms with E-state index in [0.717, 1.165) is 63.3 Å². The molecule has 4 atom stereocenters. The average Bonchev–Trinajstić information content (AvgIpc) is 3.98. The lowest BCUT2D eigenvalue weighted by Crippen LogP contribution is -2.42. The molecule has 14 rings (SSSR count). The van der Waals surface area contributed by atoms with Gasteiger partial charge in [-0.3, -0.25) is 0 Å². The maximum absolute atomic E-state index is 6.86. The molecule has 0 saturated heterocycles. The predicted molar refractivity (Wildman–Crippen MR) is 282 cm³/mol. The van der Waals surface area contributed by atoms with E-state index < -0.39 is 0 Å². The fourth-order valence-corrected chi connectivity index (χ4v) is 11.7. The van der Waals surface area contributed by atoms with Crippen molar-refractivity contribution in [3.63, 3.8) is 0 Å². The second-order valence-corrected chi connectivity index (χ2v) is 18.7. The van der Waals surface area contributed by atoms with Crippen LogP contribution in [-0.2, 0) is 0 Å². The Morgan fingerprint density at radius 1 is 0.574 bits per heavy atom. The van der Waals surface area contributed by atoms with E-state index in [4.69, 9.17) is 9.15 Å². The standard InChI is InChI=1S/C64H46N2O2/c1-3-15-41(16-4-1)43-19-11-21-49(35-43)65(57-27-13-25-55-53-23-7-9-29-59(53)67-63(55)57)51-37-45-31-33-47-39-52(40-48-34-32-46(38-51)61(45)62(47)48)66(50-22-12-20-44(36-50)42-17-5-2-6-18-42)58-28-14-26-56-54-24-8-10-30-60(54)68-64(56)58/h1-17,19-39,42,48,57,63H,18,40H2. The highest BCUT2D eigenvalue weighted by molar-refractivity contribution is 6.10. The van der Waals surface area contributed by atoms with Crippen LogP contribution < -0.4 is 14.5 Å². The van der Waals surface area contributed by atoms with Gasteiger partial charge in [-0.2, -0.15) is 0 Å². The van der Waals surface area contributed by atoms with E-state index in [1.807, 2.05) is 0 Å². The molecule has 9 aromatic rings. The molecule has 68 heavy (non-hydrogen) atoms. The summed E-state index contributed by atoms with van der Waals surface area (Å²) >= 11 is 0. The number of rotatable bonds is 8. The number of fused-ring (bicyclic) bond motifs is 6. The normalized spacial score (nSPS) is 19.4. The van der Waals surface area contributed by atoms with Crippen molar-refractivity contribution in [1.82, 2.24) is 0 Å². The van der Waals surface area contributed by atoms with Gasteiger partial charge in [0.1, 0.15) is 17.4 Å². The van der Waals surface area contributed by atoms with Crippen LogP contribution in [0, 0.1) is 0 Å². The summed E-state index contributed by atoms with van der Waals surface area (Å²) in [6.45, 7) is 0. The van der Waals surface area contributed by atoms with Crippen LogP contribution >= 0.6 is 0 Å². The van der Waals surface area contributed by atoms with Crippen molar-refractivity contribution in [2.75, 3.05) is 9.80 Å². The molecule has 4 nitrogen and oxygen atoms in total. The highest BCUT2D eigenvalue weighted by atomic mass is 16.5. The van der Waals surface area contributed by atoms with Gasteiger partial charge in [-0.25, -0.2) is 0 Å². The number of furan rings is 1. The fraction of sp³-hybridized carbons (Fsp3) is 0.0938. The minimum absolute atomic E-state index is 0.0900. The van der Waals surface area contributed by atoms with Crippen molar-refractivity contribution in [1.29, 1.82) is 0 Å². The van der Waals surface area contributed by atoms with Gasteiger partial charge in [0.05, 0.1) is 11.7 Å². The highest BCUT2D eigenvalue weighted by Crippen LogP contribution is 2.51. The Bertz CT molecular complexity index is 3710. The molecule has 0 spiro atoms. The summed E-state index contributed by atoms with van der Waals surface area (Å²) in [5.41, 5.74) is 17.5. The Kier molecular flexibility index (Phi) is 8.94. The van der Waals surface area contributed by atoms with Crippen LogP contribution in [0.4, 0.5) is 22.7 Å². The number of nitrogens with zero attached hydrogens (tertiary/aromatic N) is 2. The topological polar surface area (TPSA) is 28.9 Å². The Morgan fingerprint density at radius 3 is 2.35 bits per heavy atom. The zero-order valence-electron chi connectivity index (χ0n) is 37.4. The van der Waals surface area contributed by atoms with Gasteiger partial charge >= 0.3 is 0 Å². The maximum atomic E-state index is 6.86. The smallest absolute Gasteiger partial charge is 0.159 e. The fourth-order valence-electron chi connectivity index (χ4n) is 11.7. The maximum Gasteiger partial charge on any atom is 0.159 e. The predicted octanol–water partition coefficient (Wildman–Crippen LogP) is 16.6. The first-order chi connectivity index (χ1) is 33.7. The van der Waals surface area contributed by atoms with E-state index in [0.29, 0.717) is 5.92 Å². The van der Waals surface area contributed by atoms with Crippen LogP contribution in [0.25, 0.3) is 61.6 Å². The van der Waals surface area contributed by atoms with Crippen molar-refractivity contribution in [2.24, 2.45) is 0 Å². The Morgan fingerprint density at radius 2 is 1.41 bits per heavy atom. The number of hydrogen-bond donors (Lipinski definition) is 0. The van der Waals surface area contributed by atoms with Crippen LogP contribution in [0.2, 0.25) is 0 Å². The SMILES string of the molecule is C1=CCC(c2cccc(N(C3=Cc4ccc5cc(N(c6cccc(-c7ccccc7)c6)C6C=CC=C7c8ccccc8OC76)cc6c5c4C(C=C6)C3)c3cccc4c3oc3ccccc34)c2)C=C1. The van der Waals surface area contributed by atoms with Crippen molar-refractivity contribution in [3.05, 3.63) is 252 Å². The molecule has 1 aromatic heterocycles. The molecule has 4 unspecified atom stereocenters. The van der Waals surface area contributed by atoms with Crippen molar-refractivity contribution < 1.29 is 9.15 Å². The summed E-state index contributed by atoms with van der Waals surface area (Å²) in [4.78, 5) is 4.98. The van der Waals surface area contributed by atoms with Crippen LogP contribution in [-0.4, -0.2) is 12.1 Å². The van der Waals surface area contributed by atoms with E-state index in [-0.39, 0.29) is 18.1 Å². The summed E-state index contributed by atoms with van der Waals surface area (Å²) in [5, 5.41) is 4.83. The third-order valence-corrected chi connectivity index (χ3v) is 14.7. The van der Waals surface area contributed by atoms with E-state index in [1.54, 1.807) is 0 Å². The van der Waals surface area contributed by atoms with E-state index in [2.05, 4.69) is 240 Å². The first-order valence-electron chi connectivity index (χ1n) is 23.9. The van der Waals surface area contributed by atoms with Gasteiger partial charge in [0.15, 0.2) is 5.58 Å². The molecule has 5 aliphatic rings. The lowest BCUT2D eigenvalue weighted by Gasteiger charge is -2.38. The summed E-state index contributed by atoms with van der Waals surface area (Å²) in [6.07, 6.45) is 24.6. The van der Waals surface area contributed by atoms with Crippen LogP contribution in [0.15, 0.2) is 229 Å². The molecular formula is C64H46N2O2. The van der Waals surface area contributed by atoms with Gasteiger partial charge in [0, 0.05) is 56.5 Å². The number of para-hydroxylation sites is 3. The van der Waals surface area contributed by atoms with Crippen LogP contribution in [0.5, 0.6) is 5.75 Å². The average molecular weight is 875 g/mol. The molecule has 4 heteroatoms. The lowest BCUT2D eigenvalue weighted by atomic mass is 9.77. The molecular weight excluding hydrogens is 829 g/mol. The Labute approximate surface area is 396 Å². The summed E-state index contributed by atoms with van der Waals surface area (Å²) in [5.74, 6) is 1.47. The Hall–Kier alpha value is -8.34. The van der Waals surface area contributed by atoms with E-state index in [9.17, 15) is 0 Å². The number of ether oxygens (including phenoxy) is 1. The van der Waals surface area contributed by atoms with Crippen LogP contribution in [0.3, 0.4) is 0 Å². The summed E-state index contributed by atoms with van der Waals surface area (Å²) in [6, 6.07) is 61.7. The van der Waals surface area contributed by atoms with Crippen molar-refractivity contribution >= 4 is 73.2 Å². The largest absolute Gasteiger partial charge is 0.483 e. The van der Waals surface area contributed by atoms with Gasteiger partial charge in [-0.1, -0.05) is 170 Å². The third-order valence-electron chi connectivity index (χ3n) is 14.7. The second kappa shape index (κ2) is 15.6. The monoisotopic (exact) mass is 874 g/mol. The summed E-state index contributed by atoms with van der Waals surface area (Å²) < 4.78 is 13.6. The van der Waals surface area contributed by atoms with Gasteiger partial charge in [-0.15, -0.1) is 0 Å². The minimum atomic E-state index is -0.165. The number of hydrogen-bond acceptors (Lipinski definition) is 4. The number of benzene rings is 8. The lowest BCUT2D eigenvalue weighted by molar-refractivity contribution is 0.258. The first-order valence-corrected chi connectivity index (χ1v) is 23.9. The number of allylic oxidation sites excluding steroid dienone is 8. The molecule has 4 aliphatic carbocycles. The number of anilines is 4. The zero-order chi connectivity index (χ0) is 44.7. The highest BCUT2D eigenvalue weighted by Gasteiger charge is 2.40. The molecule has 0 N–H and O–H groups in total. The van der Waals surface area contributed by atoms with E-state index >= 15 is 0 Å². The zero-order valence-corrected chi connectivity index (χ0v) is 37.4. The molecule has 0 radical (unpaired) electrons. The van der Waals surface area contributed by atoms with Gasteiger partial charge in [0.25, 0.3) is 0 Å². The van der Waals surface area contributed by atoms with E-state index in [1.165, 1.54) is 61.0 Å². The Balaban J connectivity index is 0.909. The van der Waals surface area contributed by atoms with Crippen molar-refractivity contribution in [2.45, 2.75) is 36.8 Å². The second-order valence-electron chi connectivity index (χ2n) is 18.7. The van der Waals surface area contributed by atoms with Gasteiger partial charge < -0.3 is 19.0 Å². The molecule has 8 aromatic carbocycles. The molecule has 0 bridgehead atoms. The molecule has 0 amide bonds. The molecule has 1 aliphatic heterocycles. The third kappa shape index (κ3) is 6.28. The molecule has 2 heterocycles. The van der Waals surface area contributed by atoms with Crippen molar-refractivity contribution in [3.8, 4) is 16.9 Å². The molecule has 0 fully saturated rings. The first kappa shape index (κ1) is 38.9. The van der Waals surface area contributed by atoms with Gasteiger partial charge in [0.2, 0.25) is 0 Å². The molecule has 324 valence electrons. The van der Waals surface area contributed by atoms with Gasteiger partial charge in [-0.05, 0) is 118 Å².